The molecule has 150 valence electrons. The Morgan fingerprint density at radius 2 is 1.90 bits per heavy atom. The molecule has 5 heteroatoms. The van der Waals surface area contributed by atoms with Crippen molar-refractivity contribution in [3.8, 4) is 11.5 Å². The molecule has 0 saturated carbocycles. The summed E-state index contributed by atoms with van der Waals surface area (Å²) in [5.41, 5.74) is 5.71. The fourth-order valence-corrected chi connectivity index (χ4v) is 4.88. The number of aromatic amines is 1. The van der Waals surface area contributed by atoms with Gasteiger partial charge in [0.15, 0.2) is 17.3 Å². The number of para-hydroxylation sites is 1. The van der Waals surface area contributed by atoms with Gasteiger partial charge >= 0.3 is 0 Å². The van der Waals surface area contributed by atoms with E-state index in [2.05, 4.69) is 37.0 Å². The molecule has 0 spiro atoms. The third-order valence-corrected chi connectivity index (χ3v) is 6.18. The number of rotatable bonds is 2. The lowest BCUT2D eigenvalue weighted by atomic mass is 9.74. The molecule has 0 unspecified atom stereocenters. The number of nitrogens with one attached hydrogen (secondary N) is 1. The van der Waals surface area contributed by atoms with Crippen LogP contribution < -0.4 is 9.47 Å². The van der Waals surface area contributed by atoms with Crippen LogP contribution in [0.25, 0.3) is 21.8 Å². The number of pyridine rings is 1. The van der Waals surface area contributed by atoms with Crippen molar-refractivity contribution in [1.29, 1.82) is 0 Å². The topological polar surface area (TPSA) is 64.2 Å². The predicted octanol–water partition coefficient (Wildman–Crippen LogP) is 5.19. The summed E-state index contributed by atoms with van der Waals surface area (Å²) in [6.45, 7) is 4.55. The minimum Gasteiger partial charge on any atom is -0.454 e. The molecule has 2 aromatic carbocycles. The molecular formula is C25H22N2O3. The zero-order chi connectivity index (χ0) is 20.5. The highest BCUT2D eigenvalue weighted by molar-refractivity contribution is 6.19. The summed E-state index contributed by atoms with van der Waals surface area (Å²) in [5, 5.41) is 2.11. The van der Waals surface area contributed by atoms with E-state index in [1.807, 2.05) is 24.3 Å². The van der Waals surface area contributed by atoms with Crippen LogP contribution in [0.4, 0.5) is 0 Å². The number of carbonyl (C=O) groups excluding carboxylic acids is 1. The van der Waals surface area contributed by atoms with Gasteiger partial charge in [-0.3, -0.25) is 9.78 Å². The number of carbonyl (C=O) groups is 1. The third-order valence-electron chi connectivity index (χ3n) is 6.18. The maximum atomic E-state index is 13.2. The predicted molar refractivity (Wildman–Crippen MR) is 115 cm³/mol. The summed E-state index contributed by atoms with van der Waals surface area (Å²) in [5.74, 6) is 1.74. The molecule has 1 N–H and O–H groups in total. The van der Waals surface area contributed by atoms with E-state index >= 15 is 0 Å². The zero-order valence-electron chi connectivity index (χ0n) is 17.0. The summed E-state index contributed by atoms with van der Waals surface area (Å²) in [7, 11) is 0. The molecule has 2 aromatic heterocycles. The number of fused-ring (bicyclic) bond motifs is 6. The van der Waals surface area contributed by atoms with Gasteiger partial charge in [0.05, 0.1) is 16.9 Å². The molecule has 0 fully saturated rings. The lowest BCUT2D eigenvalue weighted by Crippen LogP contribution is -2.28. The van der Waals surface area contributed by atoms with Crippen LogP contribution in [0.2, 0.25) is 0 Å². The van der Waals surface area contributed by atoms with Crippen LogP contribution in [-0.4, -0.2) is 22.5 Å². The number of ketones is 1. The first-order chi connectivity index (χ1) is 14.5. The van der Waals surface area contributed by atoms with Crippen LogP contribution in [0.5, 0.6) is 11.5 Å². The molecule has 0 saturated heterocycles. The van der Waals surface area contributed by atoms with Gasteiger partial charge in [0.25, 0.3) is 0 Å². The van der Waals surface area contributed by atoms with Crippen molar-refractivity contribution in [2.75, 3.05) is 6.79 Å². The fraction of sp³-hybridized carbons (Fsp3) is 0.280. The molecule has 5 nitrogen and oxygen atoms in total. The Labute approximate surface area is 174 Å². The number of aromatic nitrogens is 2. The lowest BCUT2D eigenvalue weighted by molar-refractivity contribution is 0.0912. The molecule has 1 aliphatic carbocycles. The van der Waals surface area contributed by atoms with Crippen LogP contribution >= 0.6 is 0 Å². The van der Waals surface area contributed by atoms with Crippen molar-refractivity contribution >= 4 is 27.6 Å². The highest BCUT2D eigenvalue weighted by Crippen LogP contribution is 2.41. The van der Waals surface area contributed by atoms with Crippen LogP contribution in [0.1, 0.15) is 47.6 Å². The normalized spacial score (nSPS) is 16.9. The average Bonchev–Trinajstić information content (AvgIpc) is 3.31. The van der Waals surface area contributed by atoms with Gasteiger partial charge < -0.3 is 14.5 Å². The smallest absolute Gasteiger partial charge is 0.231 e. The second-order valence-corrected chi connectivity index (χ2v) is 9.11. The van der Waals surface area contributed by atoms with Crippen LogP contribution in [0, 0.1) is 5.41 Å². The largest absolute Gasteiger partial charge is 0.454 e. The number of nitrogens with zero attached hydrogens (tertiary/aromatic N) is 1. The second-order valence-electron chi connectivity index (χ2n) is 9.11. The molecular weight excluding hydrogens is 376 g/mol. The molecule has 0 bridgehead atoms. The van der Waals surface area contributed by atoms with E-state index in [1.54, 1.807) is 0 Å². The summed E-state index contributed by atoms with van der Waals surface area (Å²) >= 11 is 0. The van der Waals surface area contributed by atoms with Crippen molar-refractivity contribution in [2.45, 2.75) is 33.1 Å². The third kappa shape index (κ3) is 2.61. The van der Waals surface area contributed by atoms with Crippen molar-refractivity contribution < 1.29 is 14.3 Å². The van der Waals surface area contributed by atoms with E-state index < -0.39 is 0 Å². The Morgan fingerprint density at radius 1 is 1.07 bits per heavy atom. The lowest BCUT2D eigenvalue weighted by Gasteiger charge is -2.30. The SMILES string of the molecule is CC1(C)CC(=O)c2c(nc(Cc3ccc4c(c3)OCO4)c3[nH]c4ccccc4c23)C1. The summed E-state index contributed by atoms with van der Waals surface area (Å²) < 4.78 is 11.0. The molecule has 1 aliphatic heterocycles. The van der Waals surface area contributed by atoms with Crippen molar-refractivity contribution in [3.05, 3.63) is 65.0 Å². The molecule has 6 rings (SSSR count). The van der Waals surface area contributed by atoms with E-state index in [0.717, 1.165) is 62.2 Å². The molecule has 0 amide bonds. The van der Waals surface area contributed by atoms with Gasteiger partial charge in [0.1, 0.15) is 0 Å². The minimum atomic E-state index is -0.0765. The maximum absolute atomic E-state index is 13.2. The average molecular weight is 398 g/mol. The van der Waals surface area contributed by atoms with E-state index in [9.17, 15) is 4.79 Å². The van der Waals surface area contributed by atoms with Gasteiger partial charge in [-0.15, -0.1) is 0 Å². The molecule has 0 atom stereocenters. The minimum absolute atomic E-state index is 0.0765. The number of H-pyrrole nitrogens is 1. The summed E-state index contributed by atoms with van der Waals surface area (Å²) in [6.07, 6.45) is 2.01. The number of hydrogen-bond donors (Lipinski definition) is 1. The molecule has 0 radical (unpaired) electrons. The maximum Gasteiger partial charge on any atom is 0.231 e. The Bertz CT molecular complexity index is 1350. The Balaban J connectivity index is 1.59. The first-order valence-electron chi connectivity index (χ1n) is 10.3. The molecule has 2 aliphatic rings. The number of Topliss-reactive ketones (excluding diaryl/α,β-unsaturated/α-hetero) is 1. The quantitative estimate of drug-likeness (QED) is 0.505. The van der Waals surface area contributed by atoms with Crippen molar-refractivity contribution in [2.24, 2.45) is 5.41 Å². The summed E-state index contributed by atoms with van der Waals surface area (Å²) in [6, 6.07) is 14.2. The van der Waals surface area contributed by atoms with Gasteiger partial charge in [-0.1, -0.05) is 38.1 Å². The van der Waals surface area contributed by atoms with E-state index in [4.69, 9.17) is 14.5 Å². The second kappa shape index (κ2) is 6.08. The fourth-order valence-electron chi connectivity index (χ4n) is 4.88. The van der Waals surface area contributed by atoms with Crippen molar-refractivity contribution in [3.63, 3.8) is 0 Å². The Morgan fingerprint density at radius 3 is 2.80 bits per heavy atom. The van der Waals surface area contributed by atoms with Gasteiger partial charge in [0, 0.05) is 34.7 Å². The summed E-state index contributed by atoms with van der Waals surface area (Å²) in [4.78, 5) is 21.8. The Kier molecular flexibility index (Phi) is 3.55. The molecule has 4 aromatic rings. The Hall–Kier alpha value is -3.34. The highest BCUT2D eigenvalue weighted by Gasteiger charge is 2.34. The van der Waals surface area contributed by atoms with E-state index in [-0.39, 0.29) is 18.0 Å². The van der Waals surface area contributed by atoms with Crippen molar-refractivity contribution in [1.82, 2.24) is 9.97 Å². The number of hydrogen-bond acceptors (Lipinski definition) is 4. The van der Waals surface area contributed by atoms with Crippen LogP contribution in [-0.2, 0) is 12.8 Å². The van der Waals surface area contributed by atoms with Gasteiger partial charge in [-0.25, -0.2) is 0 Å². The zero-order valence-corrected chi connectivity index (χ0v) is 17.0. The van der Waals surface area contributed by atoms with Gasteiger partial charge in [-0.2, -0.15) is 0 Å². The van der Waals surface area contributed by atoms with Crippen LogP contribution in [0.15, 0.2) is 42.5 Å². The van der Waals surface area contributed by atoms with E-state index in [1.165, 1.54) is 0 Å². The molecule has 30 heavy (non-hydrogen) atoms. The highest BCUT2D eigenvalue weighted by atomic mass is 16.7. The van der Waals surface area contributed by atoms with Crippen LogP contribution in [0.3, 0.4) is 0 Å². The number of benzene rings is 2. The van der Waals surface area contributed by atoms with Gasteiger partial charge in [-0.05, 0) is 35.6 Å². The van der Waals surface area contributed by atoms with Gasteiger partial charge in [0.2, 0.25) is 6.79 Å². The first-order valence-corrected chi connectivity index (χ1v) is 10.3. The first kappa shape index (κ1) is 17.5. The molecule has 3 heterocycles. The monoisotopic (exact) mass is 398 g/mol. The van der Waals surface area contributed by atoms with E-state index in [0.29, 0.717) is 12.8 Å². The number of ether oxygens (including phenoxy) is 2. The standard InChI is InChI=1S/C25H22N2O3/c1-25(2)11-18-23(19(28)12-25)22-15-5-3-4-6-16(15)27-24(22)17(26-18)9-14-7-8-20-21(10-14)30-13-29-20/h3-8,10,27H,9,11-13H2,1-2H3.